The van der Waals surface area contributed by atoms with Crippen molar-refractivity contribution in [2.24, 2.45) is 5.92 Å². The first-order chi connectivity index (χ1) is 23.3. The molecule has 1 fully saturated rings. The number of unbranched alkanes of at least 4 members (excludes halogenated alkanes) is 22. The van der Waals surface area contributed by atoms with Crippen LogP contribution in [-0.2, 0) is 19.1 Å². The first-order valence-corrected chi connectivity index (χ1v) is 21.2. The summed E-state index contributed by atoms with van der Waals surface area (Å²) in [7, 11) is 0. The van der Waals surface area contributed by atoms with Crippen molar-refractivity contribution in [3.05, 3.63) is 12.2 Å². The molecule has 0 aromatic heterocycles. The molecule has 0 spiro atoms. The maximum atomic E-state index is 13.1. The predicted octanol–water partition coefficient (Wildman–Crippen LogP) is 12.6. The normalized spacial score (nSPS) is 18.0. The Morgan fingerprint density at radius 1 is 0.729 bits per heavy atom. The Bertz CT molecular complexity index is 801. The van der Waals surface area contributed by atoms with Crippen molar-refractivity contribution in [3.63, 3.8) is 0 Å². The van der Waals surface area contributed by atoms with Crippen LogP contribution in [0.1, 0.15) is 207 Å². The van der Waals surface area contributed by atoms with Crippen molar-refractivity contribution >= 4 is 23.5 Å². The highest BCUT2D eigenvalue weighted by atomic mass is 35.5. The highest BCUT2D eigenvalue weighted by Gasteiger charge is 2.44. The molecule has 0 aromatic carbocycles. The summed E-state index contributed by atoms with van der Waals surface area (Å²) in [5.74, 6) is -0.280. The van der Waals surface area contributed by atoms with E-state index in [1.165, 1.54) is 135 Å². The Kier molecular flexibility index (Phi) is 28.8. The SMILES string of the molecule is CCCCCCCC/C=C\CCCCCCCC(=O)N[C@@H](COC(=O)CCl)[C@@H]1OC(C)(C)C[C@@H]1CCCCCCCCCCCCCC. The van der Waals surface area contributed by atoms with E-state index in [9.17, 15) is 9.59 Å². The van der Waals surface area contributed by atoms with Crippen molar-refractivity contribution in [1.82, 2.24) is 5.32 Å². The van der Waals surface area contributed by atoms with E-state index in [0.717, 1.165) is 38.5 Å². The standard InChI is InChI=1S/C42H78ClNO4/c1-5-7-9-11-13-15-17-19-20-21-23-25-27-29-31-33-39(45)44-38(36-47-40(46)35-43)41-37(34-42(3,4)48-41)32-30-28-26-24-22-18-16-14-12-10-8-6-2/h19-20,37-38,41H,5-18,21-36H2,1-4H3,(H,44,45)/b20-19-/t37-,38-,41+/m0/s1. The lowest BCUT2D eigenvalue weighted by Gasteiger charge is -2.29. The quantitative estimate of drug-likeness (QED) is 0.0321. The van der Waals surface area contributed by atoms with Crippen molar-refractivity contribution in [2.75, 3.05) is 12.5 Å². The molecule has 0 aliphatic carbocycles. The molecule has 5 nitrogen and oxygen atoms in total. The monoisotopic (exact) mass is 696 g/mol. The third kappa shape index (κ3) is 25.0. The first kappa shape index (κ1) is 45.0. The topological polar surface area (TPSA) is 64.6 Å². The van der Waals surface area contributed by atoms with Gasteiger partial charge in [-0.2, -0.15) is 0 Å². The lowest BCUT2D eigenvalue weighted by molar-refractivity contribution is -0.144. The van der Waals surface area contributed by atoms with Gasteiger partial charge < -0.3 is 14.8 Å². The average Bonchev–Trinajstić information content (AvgIpc) is 3.38. The summed E-state index contributed by atoms with van der Waals surface area (Å²) < 4.78 is 12.0. The van der Waals surface area contributed by atoms with Gasteiger partial charge in [0.05, 0.1) is 17.7 Å². The van der Waals surface area contributed by atoms with Crippen LogP contribution >= 0.6 is 11.6 Å². The molecular formula is C42H78ClNO4. The van der Waals surface area contributed by atoms with Gasteiger partial charge in [0.15, 0.2) is 0 Å². The maximum absolute atomic E-state index is 13.1. The Labute approximate surface area is 302 Å². The minimum Gasteiger partial charge on any atom is -0.463 e. The molecule has 1 aliphatic heterocycles. The second-order valence-corrected chi connectivity index (χ2v) is 15.6. The third-order valence-electron chi connectivity index (χ3n) is 10.0. The fourth-order valence-corrected chi connectivity index (χ4v) is 7.34. The number of carbonyl (C=O) groups excluding carboxylic acids is 2. The molecule has 0 saturated carbocycles. The zero-order chi connectivity index (χ0) is 35.1. The highest BCUT2D eigenvalue weighted by Crippen LogP contribution is 2.39. The second kappa shape index (κ2) is 30.7. The van der Waals surface area contributed by atoms with Gasteiger partial charge in [-0.1, -0.05) is 154 Å². The number of hydrogen-bond donors (Lipinski definition) is 1. The molecule has 0 unspecified atom stereocenters. The first-order valence-electron chi connectivity index (χ1n) is 20.7. The summed E-state index contributed by atoms with van der Waals surface area (Å²) in [5.41, 5.74) is -0.255. The van der Waals surface area contributed by atoms with Crippen LogP contribution in [0.5, 0.6) is 0 Å². The van der Waals surface area contributed by atoms with Gasteiger partial charge in [0.1, 0.15) is 12.5 Å². The van der Waals surface area contributed by atoms with E-state index in [-0.39, 0.29) is 36.1 Å². The molecule has 0 bridgehead atoms. The van der Waals surface area contributed by atoms with Crippen LogP contribution in [-0.4, -0.2) is 42.1 Å². The molecule has 0 radical (unpaired) electrons. The Morgan fingerprint density at radius 3 is 1.69 bits per heavy atom. The summed E-state index contributed by atoms with van der Waals surface area (Å²) in [6, 6.07) is -0.350. The fraction of sp³-hybridized carbons (Fsp3) is 0.905. The number of esters is 1. The number of carbonyl (C=O) groups is 2. The Balaban J connectivity index is 2.35. The zero-order valence-corrected chi connectivity index (χ0v) is 32.9. The number of allylic oxidation sites excluding steroid dienone is 2. The van der Waals surface area contributed by atoms with Crippen molar-refractivity contribution < 1.29 is 19.1 Å². The average molecular weight is 697 g/mol. The molecule has 1 aliphatic rings. The van der Waals surface area contributed by atoms with Gasteiger partial charge in [-0.05, 0) is 64.7 Å². The third-order valence-corrected chi connectivity index (χ3v) is 10.3. The van der Waals surface area contributed by atoms with E-state index in [1.807, 2.05) is 0 Å². The lowest BCUT2D eigenvalue weighted by atomic mass is 9.86. The van der Waals surface area contributed by atoms with Gasteiger partial charge in [0.25, 0.3) is 0 Å². The summed E-state index contributed by atoms with van der Waals surface area (Å²) in [6.45, 7) is 8.93. The number of ether oxygens (including phenoxy) is 2. The summed E-state index contributed by atoms with van der Waals surface area (Å²) >= 11 is 5.72. The molecule has 3 atom stereocenters. The van der Waals surface area contributed by atoms with Crippen LogP contribution in [0.3, 0.4) is 0 Å². The molecule has 1 N–H and O–H groups in total. The molecular weight excluding hydrogens is 618 g/mol. The molecule has 48 heavy (non-hydrogen) atoms. The van der Waals surface area contributed by atoms with Crippen LogP contribution in [0.25, 0.3) is 0 Å². The van der Waals surface area contributed by atoms with Gasteiger partial charge >= 0.3 is 5.97 Å². The molecule has 0 aromatic rings. The molecule has 1 saturated heterocycles. The summed E-state index contributed by atoms with van der Waals surface area (Å²) in [5, 5.41) is 3.21. The van der Waals surface area contributed by atoms with Crippen LogP contribution in [0.15, 0.2) is 12.2 Å². The van der Waals surface area contributed by atoms with E-state index in [4.69, 9.17) is 21.1 Å². The minimum absolute atomic E-state index is 0.0250. The molecule has 1 amide bonds. The molecule has 1 heterocycles. The van der Waals surface area contributed by atoms with Crippen molar-refractivity contribution in [1.29, 1.82) is 0 Å². The Hall–Kier alpha value is -1.07. The van der Waals surface area contributed by atoms with E-state index in [0.29, 0.717) is 12.3 Å². The number of nitrogens with one attached hydrogen (secondary N) is 1. The highest BCUT2D eigenvalue weighted by molar-refractivity contribution is 6.26. The van der Waals surface area contributed by atoms with Crippen LogP contribution in [0.4, 0.5) is 0 Å². The largest absolute Gasteiger partial charge is 0.463 e. The molecule has 282 valence electrons. The van der Waals surface area contributed by atoms with E-state index in [1.54, 1.807) is 0 Å². The van der Waals surface area contributed by atoms with E-state index < -0.39 is 5.97 Å². The lowest BCUT2D eigenvalue weighted by Crippen LogP contribution is -2.49. The van der Waals surface area contributed by atoms with E-state index >= 15 is 0 Å². The van der Waals surface area contributed by atoms with Gasteiger partial charge in [0, 0.05) is 6.42 Å². The molecule has 1 rings (SSSR count). The van der Waals surface area contributed by atoms with Crippen LogP contribution in [0.2, 0.25) is 0 Å². The fourth-order valence-electron chi connectivity index (χ4n) is 7.26. The number of amides is 1. The van der Waals surface area contributed by atoms with Gasteiger partial charge in [-0.3, -0.25) is 9.59 Å². The predicted molar refractivity (Wildman–Crippen MR) is 206 cm³/mol. The maximum Gasteiger partial charge on any atom is 0.320 e. The summed E-state index contributed by atoms with van der Waals surface area (Å²) in [4.78, 5) is 25.0. The second-order valence-electron chi connectivity index (χ2n) is 15.3. The van der Waals surface area contributed by atoms with Gasteiger partial charge in [-0.25, -0.2) is 0 Å². The smallest absolute Gasteiger partial charge is 0.320 e. The van der Waals surface area contributed by atoms with Gasteiger partial charge in [-0.15, -0.1) is 11.6 Å². The van der Waals surface area contributed by atoms with Crippen LogP contribution < -0.4 is 5.32 Å². The van der Waals surface area contributed by atoms with Crippen LogP contribution in [0, 0.1) is 5.92 Å². The number of halogens is 1. The van der Waals surface area contributed by atoms with Crippen molar-refractivity contribution in [3.8, 4) is 0 Å². The number of alkyl halides is 1. The minimum atomic E-state index is -0.456. The number of hydrogen-bond acceptors (Lipinski definition) is 4. The van der Waals surface area contributed by atoms with E-state index in [2.05, 4.69) is 45.2 Å². The molecule has 6 heteroatoms. The van der Waals surface area contributed by atoms with Gasteiger partial charge in [0.2, 0.25) is 5.91 Å². The Morgan fingerprint density at radius 2 is 1.19 bits per heavy atom. The zero-order valence-electron chi connectivity index (χ0n) is 32.1. The summed E-state index contributed by atoms with van der Waals surface area (Å²) in [6.07, 6.45) is 39.2. The number of rotatable bonds is 33. The van der Waals surface area contributed by atoms with Crippen molar-refractivity contribution in [2.45, 2.75) is 225 Å².